The summed E-state index contributed by atoms with van der Waals surface area (Å²) in [6.07, 6.45) is 0. The number of sulfonamides is 1. The zero-order chi connectivity index (χ0) is 23.4. The van der Waals surface area contributed by atoms with E-state index in [2.05, 4.69) is 5.32 Å². The third-order valence-corrected chi connectivity index (χ3v) is 7.12. The summed E-state index contributed by atoms with van der Waals surface area (Å²) < 4.78 is 33.6. The topological polar surface area (TPSA) is 75.7 Å². The normalized spacial score (nSPS) is 11.2. The van der Waals surface area contributed by atoms with E-state index in [1.54, 1.807) is 55.5 Å². The second-order valence-electron chi connectivity index (χ2n) is 7.55. The molecule has 0 atom stereocenters. The minimum absolute atomic E-state index is 0.0858. The van der Waals surface area contributed by atoms with Crippen molar-refractivity contribution >= 4 is 38.1 Å². The Bertz CT molecular complexity index is 1400. The molecule has 0 fully saturated rings. The van der Waals surface area contributed by atoms with Crippen molar-refractivity contribution in [3.63, 3.8) is 0 Å². The van der Waals surface area contributed by atoms with Gasteiger partial charge in [-0.25, -0.2) is 8.42 Å². The maximum Gasteiger partial charge on any atom is 0.264 e. The van der Waals surface area contributed by atoms with Gasteiger partial charge in [-0.15, -0.1) is 0 Å². The van der Waals surface area contributed by atoms with Crippen LogP contribution in [0.4, 0.5) is 11.4 Å². The van der Waals surface area contributed by atoms with E-state index in [1.165, 1.54) is 13.2 Å². The highest BCUT2D eigenvalue weighted by molar-refractivity contribution is 7.92. The van der Waals surface area contributed by atoms with Crippen LogP contribution in [0.1, 0.15) is 5.56 Å². The van der Waals surface area contributed by atoms with Gasteiger partial charge in [0.05, 0.1) is 17.7 Å². The fourth-order valence-electron chi connectivity index (χ4n) is 3.70. The zero-order valence-corrected chi connectivity index (χ0v) is 19.2. The molecule has 0 heterocycles. The number of anilines is 2. The van der Waals surface area contributed by atoms with Crippen molar-refractivity contribution in [2.45, 2.75) is 11.8 Å². The minimum Gasteiger partial charge on any atom is -0.496 e. The summed E-state index contributed by atoms with van der Waals surface area (Å²) in [6.45, 7) is 1.40. The Labute approximate surface area is 193 Å². The number of ether oxygens (including phenoxy) is 1. The SMILES string of the molecule is COc1ccc(S(=O)(=O)N(CC(=O)Nc2cccc3ccccc23)c2ccccc2)cc1C. The lowest BCUT2D eigenvalue weighted by Crippen LogP contribution is -2.38. The molecule has 1 amide bonds. The molecule has 0 unspecified atom stereocenters. The number of hydrogen-bond acceptors (Lipinski definition) is 4. The third kappa shape index (κ3) is 4.68. The summed E-state index contributed by atoms with van der Waals surface area (Å²) in [7, 11) is -2.48. The Kier molecular flexibility index (Phi) is 6.33. The zero-order valence-electron chi connectivity index (χ0n) is 18.4. The Morgan fingerprint density at radius 3 is 2.33 bits per heavy atom. The van der Waals surface area contributed by atoms with Crippen LogP contribution >= 0.6 is 0 Å². The lowest BCUT2D eigenvalue weighted by Gasteiger charge is -2.24. The highest BCUT2D eigenvalue weighted by atomic mass is 32.2. The predicted octanol–water partition coefficient (Wildman–Crippen LogP) is 4.99. The van der Waals surface area contributed by atoms with Crippen LogP contribution < -0.4 is 14.4 Å². The minimum atomic E-state index is -4.01. The smallest absolute Gasteiger partial charge is 0.264 e. The molecule has 4 aromatic carbocycles. The predicted molar refractivity (Wildman–Crippen MR) is 131 cm³/mol. The average Bonchev–Trinajstić information content (AvgIpc) is 2.83. The molecule has 0 aliphatic carbocycles. The molecule has 1 N–H and O–H groups in total. The maximum atomic E-state index is 13.6. The van der Waals surface area contributed by atoms with Gasteiger partial charge in [-0.2, -0.15) is 0 Å². The molecule has 0 aliphatic heterocycles. The summed E-state index contributed by atoms with van der Waals surface area (Å²) in [5.74, 6) is 0.151. The molecule has 0 aliphatic rings. The van der Waals surface area contributed by atoms with E-state index < -0.39 is 15.9 Å². The van der Waals surface area contributed by atoms with Crippen molar-refractivity contribution in [3.8, 4) is 5.75 Å². The van der Waals surface area contributed by atoms with Crippen LogP contribution in [-0.4, -0.2) is 28.0 Å². The number of aryl methyl sites for hydroxylation is 1. The van der Waals surface area contributed by atoms with Gasteiger partial charge in [0.2, 0.25) is 5.91 Å². The Hall–Kier alpha value is -3.84. The fraction of sp³-hybridized carbons (Fsp3) is 0.115. The van der Waals surface area contributed by atoms with Crippen LogP contribution in [0.25, 0.3) is 10.8 Å². The number of rotatable bonds is 7. The standard InChI is InChI=1S/C26H24N2O4S/c1-19-17-22(15-16-25(19)32-2)33(30,31)28(21-11-4-3-5-12-21)18-26(29)27-24-14-8-10-20-9-6-7-13-23(20)24/h3-17H,18H2,1-2H3,(H,27,29). The summed E-state index contributed by atoms with van der Waals surface area (Å²) in [6, 6.07) is 26.5. The number of methoxy groups -OCH3 is 1. The van der Waals surface area contributed by atoms with E-state index in [-0.39, 0.29) is 11.4 Å². The number of fused-ring (bicyclic) bond motifs is 1. The first-order valence-corrected chi connectivity index (χ1v) is 11.8. The molecule has 7 heteroatoms. The summed E-state index contributed by atoms with van der Waals surface area (Å²) in [4.78, 5) is 13.1. The molecular formula is C26H24N2O4S. The van der Waals surface area contributed by atoms with E-state index in [9.17, 15) is 13.2 Å². The van der Waals surface area contributed by atoms with Gasteiger partial charge in [-0.3, -0.25) is 9.10 Å². The van der Waals surface area contributed by atoms with Crippen molar-refractivity contribution in [1.29, 1.82) is 0 Å². The van der Waals surface area contributed by atoms with Crippen LogP contribution in [0.3, 0.4) is 0 Å². The number of nitrogens with zero attached hydrogens (tertiary/aromatic N) is 1. The second kappa shape index (κ2) is 9.34. The molecular weight excluding hydrogens is 436 g/mol. The van der Waals surface area contributed by atoms with E-state index in [0.717, 1.165) is 15.1 Å². The van der Waals surface area contributed by atoms with Gasteiger partial charge in [-0.05, 0) is 54.3 Å². The van der Waals surface area contributed by atoms with Crippen LogP contribution in [0.5, 0.6) is 5.75 Å². The van der Waals surface area contributed by atoms with Crippen LogP contribution in [0.15, 0.2) is 95.9 Å². The molecule has 4 rings (SSSR count). The highest BCUT2D eigenvalue weighted by Crippen LogP contribution is 2.28. The number of nitrogens with one attached hydrogen (secondary N) is 1. The second-order valence-corrected chi connectivity index (χ2v) is 9.42. The number of amides is 1. The number of carbonyl (C=O) groups excluding carboxylic acids is 1. The molecule has 0 spiro atoms. The van der Waals surface area contributed by atoms with Crippen LogP contribution in [-0.2, 0) is 14.8 Å². The van der Waals surface area contributed by atoms with E-state index >= 15 is 0 Å². The largest absolute Gasteiger partial charge is 0.496 e. The van der Waals surface area contributed by atoms with Crippen molar-refractivity contribution in [3.05, 3.63) is 96.6 Å². The van der Waals surface area contributed by atoms with Gasteiger partial charge in [0.25, 0.3) is 10.0 Å². The van der Waals surface area contributed by atoms with Gasteiger partial charge < -0.3 is 10.1 Å². The van der Waals surface area contributed by atoms with E-state index in [4.69, 9.17) is 4.74 Å². The number of para-hydroxylation sites is 1. The highest BCUT2D eigenvalue weighted by Gasteiger charge is 2.28. The van der Waals surface area contributed by atoms with Gasteiger partial charge >= 0.3 is 0 Å². The number of benzene rings is 4. The third-order valence-electron chi connectivity index (χ3n) is 5.35. The first kappa shape index (κ1) is 22.4. The first-order valence-electron chi connectivity index (χ1n) is 10.4. The summed E-state index contributed by atoms with van der Waals surface area (Å²) in [5, 5.41) is 4.74. The van der Waals surface area contributed by atoms with Gasteiger partial charge in [0.1, 0.15) is 12.3 Å². The molecule has 0 bridgehead atoms. The maximum absolute atomic E-state index is 13.6. The van der Waals surface area contributed by atoms with Gasteiger partial charge in [-0.1, -0.05) is 54.6 Å². The fourth-order valence-corrected chi connectivity index (χ4v) is 5.21. The van der Waals surface area contributed by atoms with E-state index in [1.807, 2.05) is 36.4 Å². The lowest BCUT2D eigenvalue weighted by atomic mass is 10.1. The first-order chi connectivity index (χ1) is 15.9. The summed E-state index contributed by atoms with van der Waals surface area (Å²) >= 11 is 0. The van der Waals surface area contributed by atoms with Crippen molar-refractivity contribution < 1.29 is 17.9 Å². The molecule has 0 aromatic heterocycles. The Morgan fingerprint density at radius 1 is 0.909 bits per heavy atom. The van der Waals surface area contributed by atoms with E-state index in [0.29, 0.717) is 22.7 Å². The molecule has 168 valence electrons. The number of hydrogen-bond donors (Lipinski definition) is 1. The Balaban J connectivity index is 1.68. The average molecular weight is 461 g/mol. The van der Waals surface area contributed by atoms with Crippen LogP contribution in [0, 0.1) is 6.92 Å². The number of carbonyl (C=O) groups is 1. The summed E-state index contributed by atoms with van der Waals surface area (Å²) in [5.41, 5.74) is 1.72. The molecule has 0 radical (unpaired) electrons. The van der Waals surface area contributed by atoms with Crippen molar-refractivity contribution in [2.75, 3.05) is 23.3 Å². The molecule has 4 aromatic rings. The molecule has 33 heavy (non-hydrogen) atoms. The van der Waals surface area contributed by atoms with Crippen LogP contribution in [0.2, 0.25) is 0 Å². The Morgan fingerprint density at radius 2 is 1.61 bits per heavy atom. The van der Waals surface area contributed by atoms with Crippen molar-refractivity contribution in [2.24, 2.45) is 0 Å². The quantitative estimate of drug-likeness (QED) is 0.422. The lowest BCUT2D eigenvalue weighted by molar-refractivity contribution is -0.114. The monoisotopic (exact) mass is 460 g/mol. The molecule has 0 saturated heterocycles. The van der Waals surface area contributed by atoms with Crippen molar-refractivity contribution in [1.82, 2.24) is 0 Å². The van der Waals surface area contributed by atoms with Gasteiger partial charge in [0.15, 0.2) is 0 Å². The van der Waals surface area contributed by atoms with Gasteiger partial charge in [0, 0.05) is 11.1 Å². The molecule has 6 nitrogen and oxygen atoms in total. The molecule has 0 saturated carbocycles.